The first kappa shape index (κ1) is 13.8. The lowest BCUT2D eigenvalue weighted by Gasteiger charge is -2.40. The lowest BCUT2D eigenvalue weighted by Crippen LogP contribution is -2.49. The van der Waals surface area contributed by atoms with Gasteiger partial charge >= 0.3 is 0 Å². The maximum atomic E-state index is 13.9. The molecule has 1 aromatic rings. The maximum absolute atomic E-state index is 13.9. The molecule has 0 radical (unpaired) electrons. The van der Waals surface area contributed by atoms with Crippen LogP contribution in [0, 0.1) is 11.2 Å². The van der Waals surface area contributed by atoms with E-state index in [0.29, 0.717) is 18.8 Å². The summed E-state index contributed by atoms with van der Waals surface area (Å²) in [5, 5.41) is 7.59. The summed E-state index contributed by atoms with van der Waals surface area (Å²) in [5.41, 5.74) is 6.41. The van der Waals surface area contributed by atoms with E-state index in [0.717, 1.165) is 6.42 Å². The molecule has 2 atom stereocenters. The third-order valence-corrected chi connectivity index (χ3v) is 3.51. The molecule has 0 aromatic heterocycles. The van der Waals surface area contributed by atoms with E-state index in [1.807, 2.05) is 13.0 Å². The van der Waals surface area contributed by atoms with Gasteiger partial charge in [0.1, 0.15) is 11.7 Å². The molecule has 104 valence electrons. The van der Waals surface area contributed by atoms with Gasteiger partial charge in [-0.15, -0.1) is 0 Å². The largest absolute Gasteiger partial charge is 0.384 e. The van der Waals surface area contributed by atoms with Gasteiger partial charge in [0.15, 0.2) is 0 Å². The summed E-state index contributed by atoms with van der Waals surface area (Å²) in [7, 11) is 0. The number of benzene rings is 1. The van der Waals surface area contributed by atoms with Crippen LogP contribution >= 0.6 is 0 Å². The van der Waals surface area contributed by atoms with E-state index < -0.39 is 5.82 Å². The van der Waals surface area contributed by atoms with Crippen molar-refractivity contribution in [1.82, 2.24) is 0 Å². The van der Waals surface area contributed by atoms with E-state index >= 15 is 0 Å². The maximum Gasteiger partial charge on any atom is 0.136 e. The monoisotopic (exact) mass is 265 g/mol. The van der Waals surface area contributed by atoms with Gasteiger partial charge < -0.3 is 15.4 Å². The third-order valence-electron chi connectivity index (χ3n) is 3.51. The molecule has 1 heterocycles. The molecule has 0 saturated carbocycles. The van der Waals surface area contributed by atoms with Gasteiger partial charge in [-0.3, -0.25) is 5.41 Å². The predicted octanol–water partition coefficient (Wildman–Crippen LogP) is 2.11. The van der Waals surface area contributed by atoms with E-state index in [2.05, 4.69) is 11.8 Å². The minimum atomic E-state index is -0.445. The number of hydrogen-bond acceptors (Lipinski definition) is 3. The number of amidine groups is 1. The van der Waals surface area contributed by atoms with Crippen LogP contribution in [0.2, 0.25) is 0 Å². The first-order valence-corrected chi connectivity index (χ1v) is 6.55. The fraction of sp³-hybridized carbons (Fsp3) is 0.500. The molecule has 2 unspecified atom stereocenters. The van der Waals surface area contributed by atoms with Crippen molar-refractivity contribution < 1.29 is 9.13 Å². The van der Waals surface area contributed by atoms with Gasteiger partial charge in [0.05, 0.1) is 30.0 Å². The zero-order valence-electron chi connectivity index (χ0n) is 11.3. The Hall–Kier alpha value is -1.62. The molecule has 1 aliphatic heterocycles. The van der Waals surface area contributed by atoms with Crippen LogP contribution in [-0.4, -0.2) is 31.1 Å². The Morgan fingerprint density at radius 1 is 1.58 bits per heavy atom. The van der Waals surface area contributed by atoms with Crippen LogP contribution < -0.4 is 10.6 Å². The van der Waals surface area contributed by atoms with Gasteiger partial charge in [-0.2, -0.15) is 0 Å². The summed E-state index contributed by atoms with van der Waals surface area (Å²) in [6.45, 7) is 5.36. The van der Waals surface area contributed by atoms with Gasteiger partial charge in [-0.05, 0) is 25.5 Å². The summed E-state index contributed by atoms with van der Waals surface area (Å²) < 4.78 is 19.5. The number of ether oxygens (including phenoxy) is 1. The minimum absolute atomic E-state index is 0.0888. The highest BCUT2D eigenvalue weighted by molar-refractivity contribution is 6.00. The highest BCUT2D eigenvalue weighted by Gasteiger charge is 2.28. The Labute approximate surface area is 112 Å². The van der Waals surface area contributed by atoms with E-state index in [1.54, 1.807) is 6.07 Å². The van der Waals surface area contributed by atoms with Crippen molar-refractivity contribution in [2.24, 2.45) is 5.73 Å². The standard InChI is InChI=1S/C14H20FN3O/c1-3-10-8-19-9(2)7-18(10)12-6-4-5-11(15)13(12)14(16)17/h4-6,9-10H,3,7-8H2,1-2H3,(H3,16,17). The number of anilines is 1. The van der Waals surface area contributed by atoms with Crippen LogP contribution in [0.25, 0.3) is 0 Å². The Balaban J connectivity index is 2.44. The zero-order chi connectivity index (χ0) is 14.0. The second-order valence-electron chi connectivity index (χ2n) is 4.91. The highest BCUT2D eigenvalue weighted by Crippen LogP contribution is 2.28. The average Bonchev–Trinajstić information content (AvgIpc) is 2.37. The molecule has 0 spiro atoms. The molecular weight excluding hydrogens is 245 g/mol. The molecule has 1 fully saturated rings. The number of rotatable bonds is 3. The molecular formula is C14H20FN3O. The molecule has 5 heteroatoms. The number of halogens is 1. The van der Waals surface area contributed by atoms with Crippen molar-refractivity contribution in [3.8, 4) is 0 Å². The van der Waals surface area contributed by atoms with Crippen molar-refractivity contribution in [1.29, 1.82) is 5.41 Å². The Kier molecular flexibility index (Phi) is 4.04. The molecule has 1 saturated heterocycles. The normalized spacial score (nSPS) is 23.4. The van der Waals surface area contributed by atoms with E-state index in [4.69, 9.17) is 15.9 Å². The number of nitrogens with one attached hydrogen (secondary N) is 1. The van der Waals surface area contributed by atoms with Crippen LogP contribution in [-0.2, 0) is 4.74 Å². The average molecular weight is 265 g/mol. The molecule has 1 aromatic carbocycles. The van der Waals surface area contributed by atoms with Crippen LogP contribution in [0.3, 0.4) is 0 Å². The molecule has 0 aliphatic carbocycles. The predicted molar refractivity (Wildman–Crippen MR) is 74.3 cm³/mol. The Bertz CT molecular complexity index is 478. The Morgan fingerprint density at radius 3 is 2.95 bits per heavy atom. The highest BCUT2D eigenvalue weighted by atomic mass is 19.1. The molecule has 0 amide bonds. The number of morpholine rings is 1. The van der Waals surface area contributed by atoms with Gasteiger partial charge in [-0.1, -0.05) is 13.0 Å². The van der Waals surface area contributed by atoms with Crippen molar-refractivity contribution in [2.45, 2.75) is 32.4 Å². The van der Waals surface area contributed by atoms with Gasteiger partial charge in [0.2, 0.25) is 0 Å². The summed E-state index contributed by atoms with van der Waals surface area (Å²) >= 11 is 0. The molecule has 2 rings (SSSR count). The van der Waals surface area contributed by atoms with Crippen molar-refractivity contribution in [3.05, 3.63) is 29.6 Å². The van der Waals surface area contributed by atoms with Gasteiger partial charge in [0, 0.05) is 6.54 Å². The molecule has 1 aliphatic rings. The zero-order valence-corrected chi connectivity index (χ0v) is 11.3. The van der Waals surface area contributed by atoms with E-state index in [1.165, 1.54) is 6.07 Å². The van der Waals surface area contributed by atoms with E-state index in [-0.39, 0.29) is 23.5 Å². The number of nitrogens with two attached hydrogens (primary N) is 1. The number of nitrogens with zero attached hydrogens (tertiary/aromatic N) is 1. The van der Waals surface area contributed by atoms with Crippen molar-refractivity contribution in [2.75, 3.05) is 18.1 Å². The summed E-state index contributed by atoms with van der Waals surface area (Å²) in [6.07, 6.45) is 0.992. The molecule has 0 bridgehead atoms. The first-order chi connectivity index (χ1) is 9.04. The summed E-state index contributed by atoms with van der Waals surface area (Å²) in [6, 6.07) is 5.01. The summed E-state index contributed by atoms with van der Waals surface area (Å²) in [4.78, 5) is 2.11. The topological polar surface area (TPSA) is 62.3 Å². The second kappa shape index (κ2) is 5.57. The fourth-order valence-corrected chi connectivity index (χ4v) is 2.50. The first-order valence-electron chi connectivity index (χ1n) is 6.55. The molecule has 19 heavy (non-hydrogen) atoms. The third kappa shape index (κ3) is 2.71. The van der Waals surface area contributed by atoms with Crippen molar-refractivity contribution in [3.63, 3.8) is 0 Å². The van der Waals surface area contributed by atoms with Crippen LogP contribution in [0.4, 0.5) is 10.1 Å². The number of hydrogen-bond donors (Lipinski definition) is 2. The summed E-state index contributed by atoms with van der Waals surface area (Å²) in [5.74, 6) is -0.680. The quantitative estimate of drug-likeness (QED) is 0.650. The molecule has 4 nitrogen and oxygen atoms in total. The van der Waals surface area contributed by atoms with Crippen LogP contribution in [0.1, 0.15) is 25.8 Å². The van der Waals surface area contributed by atoms with Crippen LogP contribution in [0.15, 0.2) is 18.2 Å². The molecule has 3 N–H and O–H groups in total. The lowest BCUT2D eigenvalue weighted by molar-refractivity contribution is 0.0299. The number of nitrogen functional groups attached to an aromatic ring is 1. The van der Waals surface area contributed by atoms with Gasteiger partial charge in [0.25, 0.3) is 0 Å². The SMILES string of the molecule is CCC1COC(C)CN1c1cccc(F)c1C(=N)N. The smallest absolute Gasteiger partial charge is 0.136 e. The fourth-order valence-electron chi connectivity index (χ4n) is 2.50. The second-order valence-corrected chi connectivity index (χ2v) is 4.91. The van der Waals surface area contributed by atoms with Crippen LogP contribution in [0.5, 0.6) is 0 Å². The van der Waals surface area contributed by atoms with Gasteiger partial charge in [-0.25, -0.2) is 4.39 Å². The lowest BCUT2D eigenvalue weighted by atomic mass is 10.0. The minimum Gasteiger partial charge on any atom is -0.384 e. The van der Waals surface area contributed by atoms with Crippen molar-refractivity contribution >= 4 is 11.5 Å². The van der Waals surface area contributed by atoms with E-state index in [9.17, 15) is 4.39 Å². The Morgan fingerprint density at radius 2 is 2.32 bits per heavy atom.